The van der Waals surface area contributed by atoms with Gasteiger partial charge in [-0.25, -0.2) is 4.74 Å². The highest BCUT2D eigenvalue weighted by Gasteiger charge is 2.13. The van der Waals surface area contributed by atoms with E-state index in [4.69, 9.17) is 21.4 Å². The standard InChI is InChI=1S/C22H23N7O2.C4H7NO/c1-2-25-28-22-19(21(23)30)13-20(27-29-22)31-15-18-10-6-9-17(26-18)14-24-12-11-16-7-4-3-5-8-16;1-4-3-5(2)6-4/h1,3-10,13,24-25H,11-12,14-15H2,(H2,23,30)(H,28,29);3H,1-2H3. The second kappa shape index (κ2) is 13.9. The molecule has 0 aliphatic heterocycles. The molecule has 1 amide bonds. The van der Waals surface area contributed by atoms with Crippen molar-refractivity contribution >= 4 is 11.7 Å². The van der Waals surface area contributed by atoms with Gasteiger partial charge in [-0.1, -0.05) is 42.8 Å². The quantitative estimate of drug-likeness (QED) is 0.105. The summed E-state index contributed by atoms with van der Waals surface area (Å²) in [5.41, 5.74) is 13.3. The first kappa shape index (κ1) is 26.8. The topological polar surface area (TPSA) is 145 Å². The first-order chi connectivity index (χ1) is 17.9. The summed E-state index contributed by atoms with van der Waals surface area (Å²) in [4.78, 5) is 16.2. The summed E-state index contributed by atoms with van der Waals surface area (Å²) < 4.78 is 12.1. The van der Waals surface area contributed by atoms with E-state index in [1.807, 2.05) is 56.6 Å². The highest BCUT2D eigenvalue weighted by molar-refractivity contribution is 5.97. The third-order valence-electron chi connectivity index (χ3n) is 4.91. The van der Waals surface area contributed by atoms with Crippen molar-refractivity contribution in [3.8, 4) is 18.3 Å². The van der Waals surface area contributed by atoms with Crippen LogP contribution in [0.15, 0.2) is 65.3 Å². The van der Waals surface area contributed by atoms with Gasteiger partial charge in [-0.2, -0.15) is 0 Å². The molecule has 0 fully saturated rings. The van der Waals surface area contributed by atoms with E-state index in [0.717, 1.165) is 30.1 Å². The van der Waals surface area contributed by atoms with E-state index in [0.29, 0.717) is 6.54 Å². The van der Waals surface area contributed by atoms with Crippen molar-refractivity contribution < 1.29 is 14.1 Å². The number of aryl methyl sites for hydroxylation is 2. The Bertz CT molecular complexity index is 1290. The Morgan fingerprint density at radius 1 is 1.16 bits per heavy atom. The second-order valence-corrected chi connectivity index (χ2v) is 7.90. The third kappa shape index (κ3) is 9.04. The van der Waals surface area contributed by atoms with Gasteiger partial charge in [0, 0.05) is 25.7 Å². The molecular weight excluding hydrogens is 472 g/mol. The van der Waals surface area contributed by atoms with Crippen molar-refractivity contribution in [2.75, 3.05) is 12.0 Å². The number of aromatic nitrogens is 4. The molecule has 0 bridgehead atoms. The van der Waals surface area contributed by atoms with Crippen LogP contribution in [-0.4, -0.2) is 32.4 Å². The Hall–Kier alpha value is -4.82. The van der Waals surface area contributed by atoms with Crippen molar-refractivity contribution in [2.45, 2.75) is 26.5 Å². The van der Waals surface area contributed by atoms with Crippen LogP contribution in [0, 0.1) is 19.4 Å². The molecular formula is C26H30N8O3. The Balaban J connectivity index is 0.000000555. The molecule has 5 N–H and O–H groups in total. The van der Waals surface area contributed by atoms with Crippen LogP contribution in [0.3, 0.4) is 0 Å². The zero-order valence-electron chi connectivity index (χ0n) is 20.8. The predicted octanol–water partition coefficient (Wildman–Crippen LogP) is 2.32. The lowest BCUT2D eigenvalue weighted by Gasteiger charge is -2.10. The predicted molar refractivity (Wildman–Crippen MR) is 139 cm³/mol. The minimum Gasteiger partial charge on any atom is -0.470 e. The number of nitrogens with zero attached hydrogens (tertiary/aromatic N) is 4. The van der Waals surface area contributed by atoms with Gasteiger partial charge in [-0.15, -0.1) is 10.2 Å². The lowest BCUT2D eigenvalue weighted by atomic mass is 10.1. The van der Waals surface area contributed by atoms with Crippen LogP contribution in [0.2, 0.25) is 0 Å². The summed E-state index contributed by atoms with van der Waals surface area (Å²) in [6, 6.07) is 19.6. The van der Waals surface area contributed by atoms with E-state index in [1.165, 1.54) is 11.6 Å². The minimum atomic E-state index is -0.692. The van der Waals surface area contributed by atoms with Gasteiger partial charge < -0.3 is 20.3 Å². The normalized spacial score (nSPS) is 10.1. The first-order valence-corrected chi connectivity index (χ1v) is 11.5. The van der Waals surface area contributed by atoms with Gasteiger partial charge in [0.05, 0.1) is 23.1 Å². The van der Waals surface area contributed by atoms with Crippen molar-refractivity contribution in [1.29, 1.82) is 0 Å². The largest absolute Gasteiger partial charge is 0.470 e. The van der Waals surface area contributed by atoms with Gasteiger partial charge in [0.15, 0.2) is 5.82 Å². The van der Waals surface area contributed by atoms with Gasteiger partial charge >= 0.3 is 0 Å². The molecule has 192 valence electrons. The van der Waals surface area contributed by atoms with Crippen LogP contribution >= 0.6 is 0 Å². The van der Waals surface area contributed by atoms with E-state index >= 15 is 0 Å². The van der Waals surface area contributed by atoms with Crippen LogP contribution in [0.25, 0.3) is 0 Å². The maximum absolute atomic E-state index is 11.6. The highest BCUT2D eigenvalue weighted by atomic mass is 16.5. The number of hydrazine groups is 1. The Morgan fingerprint density at radius 2 is 1.92 bits per heavy atom. The Labute approximate surface area is 215 Å². The number of primary amides is 1. The van der Waals surface area contributed by atoms with E-state index in [-0.39, 0.29) is 23.9 Å². The van der Waals surface area contributed by atoms with Gasteiger partial charge in [0.2, 0.25) is 5.88 Å². The number of terminal acetylenes is 1. The maximum Gasteiger partial charge on any atom is 0.252 e. The monoisotopic (exact) mass is 502 g/mol. The molecule has 3 heterocycles. The molecule has 1 aromatic carbocycles. The molecule has 3 aromatic heterocycles. The van der Waals surface area contributed by atoms with Crippen molar-refractivity contribution in [3.63, 3.8) is 0 Å². The summed E-state index contributed by atoms with van der Waals surface area (Å²) >= 11 is 0. The van der Waals surface area contributed by atoms with Crippen LogP contribution in [-0.2, 0) is 26.6 Å². The number of anilines is 1. The molecule has 0 saturated carbocycles. The number of ether oxygens (including phenoxy) is 1. The molecule has 0 aliphatic rings. The number of hydrogen-bond acceptors (Lipinski definition) is 9. The van der Waals surface area contributed by atoms with Crippen molar-refractivity contribution in [3.05, 3.63) is 89.1 Å². The van der Waals surface area contributed by atoms with Gasteiger partial charge in [-0.3, -0.25) is 20.6 Å². The number of rotatable bonds is 11. The molecule has 0 atom stereocenters. The summed E-state index contributed by atoms with van der Waals surface area (Å²) in [6.07, 6.45) is 7.96. The molecule has 0 aliphatic carbocycles. The van der Waals surface area contributed by atoms with Crippen molar-refractivity contribution in [1.82, 2.24) is 30.7 Å². The lowest BCUT2D eigenvalue weighted by molar-refractivity contribution is 0.1000. The SMILES string of the molecule is C#CNNc1nnc(OCc2cccc(CNCCc3ccccc3)n2)cc1C(N)=O.Cc1cn(C)o1. The average molecular weight is 503 g/mol. The zero-order chi connectivity index (χ0) is 26.5. The number of nitrogens with two attached hydrogens (primary N) is 1. The number of hydrogen-bond donors (Lipinski definition) is 4. The summed E-state index contributed by atoms with van der Waals surface area (Å²) in [6.45, 7) is 3.59. The van der Waals surface area contributed by atoms with Crippen LogP contribution in [0.4, 0.5) is 5.82 Å². The molecule has 37 heavy (non-hydrogen) atoms. The fourth-order valence-corrected chi connectivity index (χ4v) is 3.25. The number of carbonyl (C=O) groups excluding carboxylic acids is 1. The van der Waals surface area contributed by atoms with E-state index in [1.54, 1.807) is 4.74 Å². The summed E-state index contributed by atoms with van der Waals surface area (Å²) in [7, 11) is 1.85. The number of pyridine rings is 1. The van der Waals surface area contributed by atoms with Crippen LogP contribution in [0.1, 0.15) is 33.1 Å². The molecule has 11 nitrogen and oxygen atoms in total. The number of amides is 1. The molecule has 11 heteroatoms. The first-order valence-electron chi connectivity index (χ1n) is 11.5. The Morgan fingerprint density at radius 3 is 2.57 bits per heavy atom. The minimum absolute atomic E-state index is 0.0945. The van der Waals surface area contributed by atoms with E-state index in [9.17, 15) is 4.79 Å². The zero-order valence-corrected chi connectivity index (χ0v) is 20.8. The molecule has 0 spiro atoms. The lowest BCUT2D eigenvalue weighted by Crippen LogP contribution is -2.22. The van der Waals surface area contributed by atoms with Gasteiger partial charge in [0.1, 0.15) is 12.4 Å². The molecule has 0 saturated heterocycles. The molecule has 4 rings (SSSR count). The average Bonchev–Trinajstić information content (AvgIpc) is 2.89. The van der Waals surface area contributed by atoms with Gasteiger partial charge in [-0.05, 0) is 37.6 Å². The smallest absolute Gasteiger partial charge is 0.252 e. The molecule has 0 unspecified atom stereocenters. The van der Waals surface area contributed by atoms with Crippen molar-refractivity contribution in [2.24, 2.45) is 12.8 Å². The van der Waals surface area contributed by atoms with Crippen LogP contribution in [0.5, 0.6) is 5.88 Å². The third-order valence-corrected chi connectivity index (χ3v) is 4.91. The maximum atomic E-state index is 11.6. The number of nitrogens with one attached hydrogen (secondary N) is 3. The summed E-state index contributed by atoms with van der Waals surface area (Å²) in [5.74, 6) is 0.549. The van der Waals surface area contributed by atoms with Crippen LogP contribution < -0.4 is 26.6 Å². The number of benzene rings is 1. The highest BCUT2D eigenvalue weighted by Crippen LogP contribution is 2.16. The summed E-state index contributed by atoms with van der Waals surface area (Å²) in [5, 5.41) is 11.2. The van der Waals surface area contributed by atoms with Gasteiger partial charge in [0.25, 0.3) is 5.91 Å². The fourth-order valence-electron chi connectivity index (χ4n) is 3.25. The second-order valence-electron chi connectivity index (χ2n) is 7.90. The van der Waals surface area contributed by atoms with E-state index in [2.05, 4.69) is 49.5 Å². The molecule has 4 aromatic rings. The molecule has 0 radical (unpaired) electrons. The Kier molecular flexibility index (Phi) is 10.1. The fraction of sp³-hybridized carbons (Fsp3) is 0.231. The van der Waals surface area contributed by atoms with E-state index < -0.39 is 5.91 Å². The number of carbonyl (C=O) groups is 1.